The Hall–Kier alpha value is 0.234. The second-order valence-corrected chi connectivity index (χ2v) is 19.3. The van der Waals surface area contributed by atoms with E-state index in [9.17, 15) is 0 Å². The molecule has 0 aliphatic carbocycles. The van der Waals surface area contributed by atoms with Crippen molar-refractivity contribution in [2.75, 3.05) is 0 Å². The number of rotatable bonds is 14. The maximum Gasteiger partial charge on any atom is 0.186 e. The molecule has 0 radical (unpaired) electrons. The average Bonchev–Trinajstić information content (AvgIpc) is 2.67. The lowest BCUT2D eigenvalue weighted by Gasteiger charge is -2.28. The first-order valence-corrected chi connectivity index (χ1v) is 17.8. The third-order valence-electron chi connectivity index (χ3n) is 5.63. The van der Waals surface area contributed by atoms with Gasteiger partial charge >= 0.3 is 0 Å². The van der Waals surface area contributed by atoms with Crippen molar-refractivity contribution in [3.8, 4) is 0 Å². The Morgan fingerprint density at radius 1 is 0.538 bits per heavy atom. The summed E-state index contributed by atoms with van der Waals surface area (Å²) in [6.07, 6.45) is 9.94. The third-order valence-corrected chi connectivity index (χ3v) is 16.5. The molecular formula is C22H40Cl2Si2. The molecule has 0 nitrogen and oxygen atoms in total. The molecule has 1 aromatic rings. The molecule has 0 aliphatic heterocycles. The Morgan fingerprint density at radius 2 is 0.769 bits per heavy atom. The van der Waals surface area contributed by atoms with Gasteiger partial charge in [0, 0.05) is 0 Å². The minimum absolute atomic E-state index is 1.21. The van der Waals surface area contributed by atoms with Crippen LogP contribution < -0.4 is 10.4 Å². The average molecular weight is 432 g/mol. The molecular weight excluding hydrogens is 391 g/mol. The second-order valence-electron chi connectivity index (χ2n) is 7.92. The molecule has 0 atom stereocenters. The number of hydrogen-bond donors (Lipinski definition) is 0. The van der Waals surface area contributed by atoms with E-state index in [2.05, 4.69) is 52.0 Å². The van der Waals surface area contributed by atoms with Crippen molar-refractivity contribution in [1.82, 2.24) is 0 Å². The van der Waals surface area contributed by atoms with Gasteiger partial charge in [-0.2, -0.15) is 22.2 Å². The van der Waals surface area contributed by atoms with Gasteiger partial charge in [-0.25, -0.2) is 0 Å². The highest BCUT2D eigenvalue weighted by molar-refractivity contribution is 7.28. The van der Waals surface area contributed by atoms with Gasteiger partial charge in [0.05, 0.1) is 0 Å². The summed E-state index contributed by atoms with van der Waals surface area (Å²) in [4.78, 5) is 0. The van der Waals surface area contributed by atoms with E-state index >= 15 is 0 Å². The molecule has 0 spiro atoms. The van der Waals surface area contributed by atoms with Gasteiger partial charge in [0.2, 0.25) is 0 Å². The molecule has 0 bridgehead atoms. The summed E-state index contributed by atoms with van der Waals surface area (Å²) in [5, 5.41) is 2.87. The predicted octanol–water partition coefficient (Wildman–Crippen LogP) is 7.67. The smallest absolute Gasteiger partial charge is 0.161 e. The highest BCUT2D eigenvalue weighted by atomic mass is 35.6. The summed E-state index contributed by atoms with van der Waals surface area (Å²) in [6.45, 7) is 9.07. The maximum atomic E-state index is 7.27. The van der Waals surface area contributed by atoms with Crippen molar-refractivity contribution in [2.45, 2.75) is 103 Å². The van der Waals surface area contributed by atoms with Crippen molar-refractivity contribution in [3.05, 3.63) is 24.3 Å². The second kappa shape index (κ2) is 12.6. The molecule has 4 heteroatoms. The molecule has 0 aromatic heterocycles. The van der Waals surface area contributed by atoms with Crippen LogP contribution >= 0.6 is 22.2 Å². The zero-order valence-electron chi connectivity index (χ0n) is 17.6. The summed E-state index contributed by atoms with van der Waals surface area (Å²) in [5.74, 6) is 0. The van der Waals surface area contributed by atoms with Gasteiger partial charge in [-0.05, 0) is 34.5 Å². The van der Waals surface area contributed by atoms with Crippen molar-refractivity contribution in [3.63, 3.8) is 0 Å². The van der Waals surface area contributed by atoms with Crippen LogP contribution in [0.15, 0.2) is 24.3 Å². The molecule has 0 N–H and O–H groups in total. The highest BCUT2D eigenvalue weighted by Gasteiger charge is 2.34. The molecule has 0 unspecified atom stereocenters. The van der Waals surface area contributed by atoms with Gasteiger partial charge in [-0.1, -0.05) is 103 Å². The standard InChI is InChI=1S/C22H40Cl2Si2/c1-5-9-17-25(23,18-10-6-2)21-13-15-22(16-14-21)26(24,19-11-7-3)20-12-8-4/h13-16H,5-12,17-20H2,1-4H3. The molecule has 0 saturated carbocycles. The van der Waals surface area contributed by atoms with Crippen LogP contribution in [0, 0.1) is 0 Å². The van der Waals surface area contributed by atoms with E-state index in [0.717, 1.165) is 0 Å². The van der Waals surface area contributed by atoms with Crippen LogP contribution in [0.2, 0.25) is 24.2 Å². The normalized spacial score (nSPS) is 12.5. The number of hydrogen-bond acceptors (Lipinski definition) is 0. The lowest BCUT2D eigenvalue weighted by molar-refractivity contribution is 0.841. The number of halogens is 2. The Labute approximate surface area is 174 Å². The molecule has 1 rings (SSSR count). The largest absolute Gasteiger partial charge is 0.186 e. The van der Waals surface area contributed by atoms with Crippen LogP contribution in [-0.2, 0) is 0 Å². The molecule has 0 heterocycles. The fourth-order valence-corrected chi connectivity index (χ4v) is 12.9. The van der Waals surface area contributed by atoms with E-state index in [0.29, 0.717) is 0 Å². The molecule has 0 saturated heterocycles. The van der Waals surface area contributed by atoms with Gasteiger partial charge in [-0.3, -0.25) is 0 Å². The molecule has 0 fully saturated rings. The SMILES string of the molecule is CCCC[Si](Cl)(CCCC)c1ccc([Si](Cl)(CCCC)CCCC)cc1. The van der Waals surface area contributed by atoms with Crippen LogP contribution in [0.1, 0.15) is 79.1 Å². The van der Waals surface area contributed by atoms with Gasteiger partial charge in [0.15, 0.2) is 14.8 Å². The Morgan fingerprint density at radius 3 is 0.962 bits per heavy atom. The van der Waals surface area contributed by atoms with Crippen molar-refractivity contribution in [1.29, 1.82) is 0 Å². The van der Waals surface area contributed by atoms with Gasteiger partial charge in [-0.15, -0.1) is 0 Å². The van der Waals surface area contributed by atoms with Gasteiger partial charge < -0.3 is 0 Å². The van der Waals surface area contributed by atoms with Gasteiger partial charge in [0.25, 0.3) is 0 Å². The summed E-state index contributed by atoms with van der Waals surface area (Å²) in [7, 11) is -3.71. The monoisotopic (exact) mass is 430 g/mol. The minimum Gasteiger partial charge on any atom is -0.161 e. The van der Waals surface area contributed by atoms with Crippen LogP contribution in [-0.4, -0.2) is 14.8 Å². The number of unbranched alkanes of at least 4 members (excludes halogenated alkanes) is 4. The molecule has 0 aliphatic rings. The summed E-state index contributed by atoms with van der Waals surface area (Å²) < 4.78 is 0. The van der Waals surface area contributed by atoms with Gasteiger partial charge in [0.1, 0.15) is 0 Å². The quantitative estimate of drug-likeness (QED) is 0.209. The first-order valence-electron chi connectivity index (χ1n) is 10.9. The summed E-state index contributed by atoms with van der Waals surface area (Å²) >= 11 is 14.5. The van der Waals surface area contributed by atoms with Crippen molar-refractivity contribution >= 4 is 47.3 Å². The maximum absolute atomic E-state index is 7.27. The first-order chi connectivity index (χ1) is 12.5. The Bertz CT molecular complexity index is 426. The first kappa shape index (κ1) is 24.3. The van der Waals surface area contributed by atoms with Crippen LogP contribution in [0.4, 0.5) is 0 Å². The van der Waals surface area contributed by atoms with Crippen molar-refractivity contribution in [2.24, 2.45) is 0 Å². The van der Waals surface area contributed by atoms with E-state index in [1.165, 1.54) is 85.9 Å². The molecule has 26 heavy (non-hydrogen) atoms. The van der Waals surface area contributed by atoms with Crippen LogP contribution in [0.25, 0.3) is 0 Å². The fourth-order valence-electron chi connectivity index (χ4n) is 3.72. The van der Waals surface area contributed by atoms with Crippen LogP contribution in [0.5, 0.6) is 0 Å². The van der Waals surface area contributed by atoms with Crippen molar-refractivity contribution < 1.29 is 0 Å². The Balaban J connectivity index is 3.03. The number of benzene rings is 1. The summed E-state index contributed by atoms with van der Waals surface area (Å²) in [6, 6.07) is 14.2. The zero-order chi connectivity index (χ0) is 19.5. The lowest BCUT2D eigenvalue weighted by atomic mass is 10.3. The molecule has 0 amide bonds. The van der Waals surface area contributed by atoms with E-state index < -0.39 is 14.8 Å². The minimum atomic E-state index is -1.86. The van der Waals surface area contributed by atoms with Crippen LogP contribution in [0.3, 0.4) is 0 Å². The molecule has 1 aromatic carbocycles. The van der Waals surface area contributed by atoms with E-state index in [1.807, 2.05) is 0 Å². The van der Waals surface area contributed by atoms with E-state index in [-0.39, 0.29) is 0 Å². The highest BCUT2D eigenvalue weighted by Crippen LogP contribution is 2.28. The van der Waals surface area contributed by atoms with E-state index in [1.54, 1.807) is 0 Å². The lowest BCUT2D eigenvalue weighted by Crippen LogP contribution is -2.46. The zero-order valence-corrected chi connectivity index (χ0v) is 21.1. The summed E-state index contributed by atoms with van der Waals surface area (Å²) in [5.41, 5.74) is 0. The fraction of sp³-hybridized carbons (Fsp3) is 0.727. The Kier molecular flexibility index (Phi) is 11.8. The van der Waals surface area contributed by atoms with E-state index in [4.69, 9.17) is 22.2 Å². The topological polar surface area (TPSA) is 0 Å². The third kappa shape index (κ3) is 7.33. The molecule has 150 valence electrons. The predicted molar refractivity (Wildman–Crippen MR) is 128 cm³/mol.